The zero-order valence-corrected chi connectivity index (χ0v) is 17.8. The van der Waals surface area contributed by atoms with Crippen LogP contribution in [0.4, 0.5) is 4.79 Å². The van der Waals surface area contributed by atoms with Crippen LogP contribution >= 0.6 is 0 Å². The highest BCUT2D eigenvalue weighted by atomic mass is 16.5. The molecular weight excluding hydrogens is 386 g/mol. The van der Waals surface area contributed by atoms with Gasteiger partial charge in [-0.05, 0) is 82.6 Å². The van der Waals surface area contributed by atoms with Crippen molar-refractivity contribution in [3.8, 4) is 0 Å². The van der Waals surface area contributed by atoms with Gasteiger partial charge in [-0.3, -0.25) is 10.1 Å². The molecule has 1 aromatic heterocycles. The van der Waals surface area contributed by atoms with Crippen molar-refractivity contribution in [1.82, 2.24) is 15.6 Å². The minimum Gasteiger partial charge on any atom is -0.451 e. The SMILES string of the molecule is Cc1[nH]c(C(=O)OCC(=O)NC(=O)NC23CC4CC(CC(C4)C2)C3)c(C)c1[C@@H](C)O. The Kier molecular flexibility index (Phi) is 5.38. The lowest BCUT2D eigenvalue weighted by Crippen LogP contribution is -2.62. The van der Waals surface area contributed by atoms with E-state index in [-0.39, 0.29) is 11.2 Å². The first-order valence-corrected chi connectivity index (χ1v) is 10.8. The van der Waals surface area contributed by atoms with Crippen LogP contribution in [0.25, 0.3) is 0 Å². The van der Waals surface area contributed by atoms with Crippen molar-refractivity contribution in [1.29, 1.82) is 0 Å². The summed E-state index contributed by atoms with van der Waals surface area (Å²) in [4.78, 5) is 39.8. The van der Waals surface area contributed by atoms with Gasteiger partial charge in [0.25, 0.3) is 5.91 Å². The number of aryl methyl sites for hydroxylation is 1. The number of urea groups is 1. The average Bonchev–Trinajstić information content (AvgIpc) is 2.92. The molecule has 4 aliphatic carbocycles. The van der Waals surface area contributed by atoms with Crippen LogP contribution in [0.2, 0.25) is 0 Å². The number of aromatic nitrogens is 1. The van der Waals surface area contributed by atoms with Crippen molar-refractivity contribution in [2.24, 2.45) is 17.8 Å². The van der Waals surface area contributed by atoms with Gasteiger partial charge in [0.2, 0.25) is 0 Å². The smallest absolute Gasteiger partial charge is 0.355 e. The van der Waals surface area contributed by atoms with Crippen LogP contribution in [0.15, 0.2) is 0 Å². The molecule has 4 bridgehead atoms. The Balaban J connectivity index is 1.28. The second-order valence-electron chi connectivity index (χ2n) is 9.62. The lowest BCUT2D eigenvalue weighted by Gasteiger charge is -2.56. The van der Waals surface area contributed by atoms with Gasteiger partial charge in [-0.2, -0.15) is 0 Å². The average molecular weight is 418 g/mol. The molecular formula is C22H31N3O5. The highest BCUT2D eigenvalue weighted by Gasteiger charge is 2.51. The number of ether oxygens (including phenoxy) is 1. The molecule has 4 aliphatic rings. The van der Waals surface area contributed by atoms with E-state index in [4.69, 9.17) is 4.74 Å². The Morgan fingerprint density at radius 1 is 1.13 bits per heavy atom. The molecule has 8 heteroatoms. The van der Waals surface area contributed by atoms with E-state index >= 15 is 0 Å². The summed E-state index contributed by atoms with van der Waals surface area (Å²) < 4.78 is 5.07. The minimum atomic E-state index is -0.723. The molecule has 0 saturated heterocycles. The fourth-order valence-corrected chi connectivity index (χ4v) is 6.50. The molecule has 5 rings (SSSR count). The summed E-state index contributed by atoms with van der Waals surface area (Å²) in [7, 11) is 0. The van der Waals surface area contributed by atoms with Crippen LogP contribution in [0.5, 0.6) is 0 Å². The molecule has 1 atom stereocenters. The van der Waals surface area contributed by atoms with E-state index in [1.807, 2.05) is 0 Å². The minimum absolute atomic E-state index is 0.188. The second-order valence-corrected chi connectivity index (χ2v) is 9.62. The van der Waals surface area contributed by atoms with Gasteiger partial charge in [0.15, 0.2) is 6.61 Å². The predicted octanol–water partition coefficient (Wildman–Crippen LogP) is 2.64. The fourth-order valence-electron chi connectivity index (χ4n) is 6.50. The van der Waals surface area contributed by atoms with Crippen molar-refractivity contribution in [3.63, 3.8) is 0 Å². The van der Waals surface area contributed by atoms with E-state index in [0.29, 0.717) is 34.6 Å². The zero-order valence-electron chi connectivity index (χ0n) is 17.8. The molecule has 1 heterocycles. The van der Waals surface area contributed by atoms with E-state index in [1.165, 1.54) is 19.3 Å². The summed E-state index contributed by atoms with van der Waals surface area (Å²) in [6.07, 6.45) is 6.06. The quantitative estimate of drug-likeness (QED) is 0.549. The van der Waals surface area contributed by atoms with E-state index in [1.54, 1.807) is 20.8 Å². The molecule has 0 spiro atoms. The summed E-state index contributed by atoms with van der Waals surface area (Å²) in [5.41, 5.74) is 1.92. The first kappa shape index (κ1) is 20.9. The van der Waals surface area contributed by atoms with Crippen LogP contribution in [0.1, 0.15) is 78.9 Å². The van der Waals surface area contributed by atoms with E-state index in [2.05, 4.69) is 15.6 Å². The summed E-state index contributed by atoms with van der Waals surface area (Å²) in [5, 5.41) is 15.2. The molecule has 8 nitrogen and oxygen atoms in total. The summed E-state index contributed by atoms with van der Waals surface area (Å²) in [6.45, 7) is 4.54. The molecule has 0 aliphatic heterocycles. The predicted molar refractivity (Wildman–Crippen MR) is 109 cm³/mol. The molecule has 4 fully saturated rings. The van der Waals surface area contributed by atoms with Crippen LogP contribution in [0, 0.1) is 31.6 Å². The lowest BCUT2D eigenvalue weighted by atomic mass is 9.53. The Morgan fingerprint density at radius 2 is 1.70 bits per heavy atom. The van der Waals surface area contributed by atoms with Gasteiger partial charge in [0.1, 0.15) is 5.69 Å². The molecule has 30 heavy (non-hydrogen) atoms. The third-order valence-corrected chi connectivity index (χ3v) is 7.12. The molecule has 0 unspecified atom stereocenters. The normalized spacial score (nSPS) is 30.1. The number of rotatable bonds is 5. The Labute approximate surface area is 176 Å². The molecule has 1 aromatic rings. The van der Waals surface area contributed by atoms with Crippen LogP contribution in [0.3, 0.4) is 0 Å². The Hall–Kier alpha value is -2.35. The highest BCUT2D eigenvalue weighted by Crippen LogP contribution is 2.55. The van der Waals surface area contributed by atoms with Crippen molar-refractivity contribution in [3.05, 3.63) is 22.5 Å². The molecule has 164 valence electrons. The van der Waals surface area contributed by atoms with Crippen molar-refractivity contribution < 1.29 is 24.2 Å². The summed E-state index contributed by atoms with van der Waals surface area (Å²) in [5.74, 6) is 0.702. The standard InChI is InChI=1S/C22H31N3O5/c1-11-18(13(3)26)12(2)23-19(11)20(28)30-10-17(27)24-21(29)25-22-7-14-4-15(8-22)6-16(5-14)9-22/h13-16,23,26H,4-10H2,1-3H3,(H2,24,25,27,29)/t13-,14?,15?,16?,22?/m1/s1. The van der Waals surface area contributed by atoms with Crippen LogP contribution < -0.4 is 10.6 Å². The number of nitrogens with one attached hydrogen (secondary N) is 3. The van der Waals surface area contributed by atoms with Gasteiger partial charge < -0.3 is 20.1 Å². The van der Waals surface area contributed by atoms with Crippen molar-refractivity contribution in [2.75, 3.05) is 6.61 Å². The molecule has 4 saturated carbocycles. The Bertz CT molecular complexity index is 837. The van der Waals surface area contributed by atoms with Gasteiger partial charge in [0.05, 0.1) is 6.10 Å². The second kappa shape index (κ2) is 7.72. The number of hydrogen-bond donors (Lipinski definition) is 4. The Morgan fingerprint density at radius 3 is 2.20 bits per heavy atom. The van der Waals surface area contributed by atoms with Gasteiger partial charge in [-0.1, -0.05) is 0 Å². The zero-order chi connectivity index (χ0) is 21.6. The number of carbonyl (C=O) groups excluding carboxylic acids is 3. The largest absolute Gasteiger partial charge is 0.451 e. The maximum atomic E-state index is 12.4. The molecule has 0 radical (unpaired) electrons. The lowest BCUT2D eigenvalue weighted by molar-refractivity contribution is -0.123. The number of esters is 1. The number of imide groups is 1. The number of H-pyrrole nitrogens is 1. The molecule has 3 amide bonds. The topological polar surface area (TPSA) is 121 Å². The first-order valence-electron chi connectivity index (χ1n) is 10.8. The van der Waals surface area contributed by atoms with Crippen molar-refractivity contribution >= 4 is 17.9 Å². The third-order valence-electron chi connectivity index (χ3n) is 7.12. The number of amides is 3. The van der Waals surface area contributed by atoms with Crippen LogP contribution in [-0.4, -0.2) is 40.1 Å². The van der Waals surface area contributed by atoms with E-state index < -0.39 is 30.6 Å². The number of hydrogen-bond acceptors (Lipinski definition) is 5. The number of carbonyl (C=O) groups is 3. The van der Waals surface area contributed by atoms with Crippen molar-refractivity contribution in [2.45, 2.75) is 70.9 Å². The summed E-state index contributed by atoms with van der Waals surface area (Å²) >= 11 is 0. The van der Waals surface area contributed by atoms with Gasteiger partial charge in [-0.25, -0.2) is 9.59 Å². The maximum Gasteiger partial charge on any atom is 0.355 e. The van der Waals surface area contributed by atoms with Gasteiger partial charge >= 0.3 is 12.0 Å². The van der Waals surface area contributed by atoms with E-state index in [0.717, 1.165) is 19.3 Å². The maximum absolute atomic E-state index is 12.4. The fraction of sp³-hybridized carbons (Fsp3) is 0.682. The van der Waals surface area contributed by atoms with Crippen LogP contribution in [-0.2, 0) is 9.53 Å². The number of aliphatic hydroxyl groups excluding tert-OH is 1. The first-order chi connectivity index (χ1) is 14.2. The number of aliphatic hydroxyl groups is 1. The molecule has 0 aromatic carbocycles. The third kappa shape index (κ3) is 3.97. The number of aromatic amines is 1. The van der Waals surface area contributed by atoms with E-state index in [9.17, 15) is 19.5 Å². The van der Waals surface area contributed by atoms with Gasteiger partial charge in [0, 0.05) is 16.8 Å². The van der Waals surface area contributed by atoms with Gasteiger partial charge in [-0.15, -0.1) is 0 Å². The summed E-state index contributed by atoms with van der Waals surface area (Å²) in [6, 6.07) is -0.513. The monoisotopic (exact) mass is 417 g/mol. The molecule has 4 N–H and O–H groups in total. The highest BCUT2D eigenvalue weighted by molar-refractivity contribution is 5.97.